The molecule has 0 spiro atoms. The van der Waals surface area contributed by atoms with Crippen molar-refractivity contribution >= 4 is 11.9 Å². The first-order chi connectivity index (χ1) is 17.6. The third-order valence-electron chi connectivity index (χ3n) is 13.6. The zero-order valence-electron chi connectivity index (χ0n) is 25.8. The van der Waals surface area contributed by atoms with Gasteiger partial charge in [0.25, 0.3) is 0 Å². The second kappa shape index (κ2) is 9.10. The monoisotopic (exact) mass is 526 g/mol. The predicted octanol–water partition coefficient (Wildman–Crippen LogP) is 8.28. The standard InChI is InChI=1S/C34H54O4/c1-21(2)24-12-17-34(20-37-22(3)35)19-18-32(8)25(29(24)34)10-11-27-31(7)15-14-28(38-23(4)36)30(5,6)26(31)13-16-33(27,32)9/h21,25-28H,10-20H2,1-9H3/t25-,26?,27?,28+,31+,32?,33-,34?/m1/s1. The molecule has 0 aliphatic heterocycles. The summed E-state index contributed by atoms with van der Waals surface area (Å²) in [4.78, 5) is 23.8. The first-order valence-electron chi connectivity index (χ1n) is 15.7. The lowest BCUT2D eigenvalue weighted by molar-refractivity contribution is -0.233. The molecule has 5 rings (SSSR count). The van der Waals surface area contributed by atoms with E-state index >= 15 is 0 Å². The highest BCUT2D eigenvalue weighted by Crippen LogP contribution is 2.76. The Morgan fingerprint density at radius 2 is 1.53 bits per heavy atom. The summed E-state index contributed by atoms with van der Waals surface area (Å²) in [6, 6.07) is 0. The molecule has 0 aromatic heterocycles. The van der Waals surface area contributed by atoms with Gasteiger partial charge in [-0.25, -0.2) is 0 Å². The molecular formula is C34H54O4. The van der Waals surface area contributed by atoms with Crippen molar-refractivity contribution in [3.63, 3.8) is 0 Å². The average molecular weight is 527 g/mol. The fourth-order valence-corrected chi connectivity index (χ4v) is 11.6. The van der Waals surface area contributed by atoms with Crippen LogP contribution in [-0.2, 0) is 19.1 Å². The van der Waals surface area contributed by atoms with E-state index in [-0.39, 0.29) is 45.1 Å². The van der Waals surface area contributed by atoms with Crippen LogP contribution in [0.3, 0.4) is 0 Å². The lowest BCUT2D eigenvalue weighted by atomic mass is 9.33. The van der Waals surface area contributed by atoms with Crippen molar-refractivity contribution in [2.45, 2.75) is 133 Å². The summed E-state index contributed by atoms with van der Waals surface area (Å²) in [6.45, 7) is 21.1. The summed E-state index contributed by atoms with van der Waals surface area (Å²) in [6.07, 6.45) is 11.9. The number of hydrogen-bond acceptors (Lipinski definition) is 4. The third-order valence-corrected chi connectivity index (χ3v) is 13.6. The van der Waals surface area contributed by atoms with Gasteiger partial charge in [-0.2, -0.15) is 0 Å². The SMILES string of the molecule is CC(=O)OCC12CCC(C(C)C)=C1[C@H]1CCC3[C@@]4(C)CC[C@H](OC(C)=O)C(C)(C)C4CC[C@@]3(C)C1(C)CC2. The van der Waals surface area contributed by atoms with Crippen molar-refractivity contribution < 1.29 is 19.1 Å². The lowest BCUT2D eigenvalue weighted by Crippen LogP contribution is -2.66. The molecule has 0 radical (unpaired) electrons. The maximum absolute atomic E-state index is 11.9. The van der Waals surface area contributed by atoms with Gasteiger partial charge in [-0.05, 0) is 104 Å². The van der Waals surface area contributed by atoms with Crippen molar-refractivity contribution in [3.8, 4) is 0 Å². The molecule has 5 aliphatic rings. The summed E-state index contributed by atoms with van der Waals surface area (Å²) in [5, 5.41) is 0. The van der Waals surface area contributed by atoms with E-state index in [1.165, 1.54) is 38.5 Å². The number of carbonyl (C=O) groups is 2. The van der Waals surface area contributed by atoms with E-state index in [9.17, 15) is 9.59 Å². The van der Waals surface area contributed by atoms with Gasteiger partial charge in [0.2, 0.25) is 0 Å². The van der Waals surface area contributed by atoms with E-state index in [2.05, 4.69) is 48.5 Å². The largest absolute Gasteiger partial charge is 0.465 e. The minimum absolute atomic E-state index is 0.00228. The zero-order valence-corrected chi connectivity index (χ0v) is 25.8. The fraction of sp³-hybridized carbons (Fsp3) is 0.882. The van der Waals surface area contributed by atoms with E-state index in [0.717, 1.165) is 25.7 Å². The Hall–Kier alpha value is -1.32. The zero-order chi connectivity index (χ0) is 27.9. The minimum atomic E-state index is -0.140. The van der Waals surface area contributed by atoms with Crippen LogP contribution in [0.4, 0.5) is 0 Å². The molecule has 0 aromatic carbocycles. The fourth-order valence-electron chi connectivity index (χ4n) is 11.6. The summed E-state index contributed by atoms with van der Waals surface area (Å²) in [5.74, 6) is 2.15. The van der Waals surface area contributed by atoms with Gasteiger partial charge in [-0.15, -0.1) is 0 Å². The Labute approximate surface area is 232 Å². The molecule has 0 amide bonds. The van der Waals surface area contributed by atoms with Crippen LogP contribution in [0.2, 0.25) is 0 Å². The second-order valence-electron chi connectivity index (χ2n) is 15.7. The summed E-state index contributed by atoms with van der Waals surface area (Å²) < 4.78 is 11.7. The van der Waals surface area contributed by atoms with Crippen LogP contribution in [0.15, 0.2) is 11.1 Å². The Morgan fingerprint density at radius 3 is 2.16 bits per heavy atom. The topological polar surface area (TPSA) is 52.6 Å². The van der Waals surface area contributed by atoms with Crippen LogP contribution in [0.25, 0.3) is 0 Å². The number of ether oxygens (including phenoxy) is 2. The molecule has 0 bridgehead atoms. The summed E-state index contributed by atoms with van der Waals surface area (Å²) in [7, 11) is 0. The molecule has 4 nitrogen and oxygen atoms in total. The molecule has 4 fully saturated rings. The first kappa shape index (κ1) is 28.2. The highest BCUT2D eigenvalue weighted by atomic mass is 16.5. The van der Waals surface area contributed by atoms with Gasteiger partial charge in [-0.1, -0.05) is 59.6 Å². The predicted molar refractivity (Wildman–Crippen MR) is 151 cm³/mol. The first-order valence-corrected chi connectivity index (χ1v) is 15.7. The van der Waals surface area contributed by atoms with Crippen molar-refractivity contribution in [2.75, 3.05) is 6.61 Å². The van der Waals surface area contributed by atoms with Crippen molar-refractivity contribution in [1.29, 1.82) is 0 Å². The third kappa shape index (κ3) is 3.80. The number of rotatable bonds is 4. The van der Waals surface area contributed by atoms with Crippen LogP contribution in [0.5, 0.6) is 0 Å². The normalized spacial score (nSPS) is 45.5. The highest BCUT2D eigenvalue weighted by molar-refractivity contribution is 5.66. The van der Waals surface area contributed by atoms with Crippen LogP contribution >= 0.6 is 0 Å². The maximum atomic E-state index is 11.9. The molecule has 38 heavy (non-hydrogen) atoms. The quantitative estimate of drug-likeness (QED) is 0.273. The van der Waals surface area contributed by atoms with E-state index in [4.69, 9.17) is 9.47 Å². The van der Waals surface area contributed by atoms with Crippen molar-refractivity contribution in [1.82, 2.24) is 0 Å². The highest BCUT2D eigenvalue weighted by Gasteiger charge is 2.69. The average Bonchev–Trinajstić information content (AvgIpc) is 3.20. The van der Waals surface area contributed by atoms with Crippen LogP contribution in [0.1, 0.15) is 127 Å². The van der Waals surface area contributed by atoms with E-state index in [1.807, 2.05) is 0 Å². The number of fused-ring (bicyclic) bond motifs is 7. The minimum Gasteiger partial charge on any atom is -0.465 e. The molecule has 4 saturated carbocycles. The van der Waals surface area contributed by atoms with E-state index in [0.29, 0.717) is 30.3 Å². The molecule has 0 saturated heterocycles. The number of esters is 2. The van der Waals surface area contributed by atoms with Gasteiger partial charge >= 0.3 is 11.9 Å². The Morgan fingerprint density at radius 1 is 0.816 bits per heavy atom. The van der Waals surface area contributed by atoms with Crippen molar-refractivity contribution in [3.05, 3.63) is 11.1 Å². The molecule has 0 N–H and O–H groups in total. The van der Waals surface area contributed by atoms with Crippen LogP contribution in [-0.4, -0.2) is 24.6 Å². The maximum Gasteiger partial charge on any atom is 0.302 e. The Balaban J connectivity index is 1.52. The molecule has 4 unspecified atom stereocenters. The summed E-state index contributed by atoms with van der Waals surface area (Å²) in [5.41, 5.74) is 4.29. The molecule has 0 heterocycles. The number of carbonyl (C=O) groups excluding carboxylic acids is 2. The van der Waals surface area contributed by atoms with Crippen LogP contribution < -0.4 is 0 Å². The molecule has 5 aliphatic carbocycles. The van der Waals surface area contributed by atoms with E-state index in [1.54, 1.807) is 25.0 Å². The van der Waals surface area contributed by atoms with E-state index < -0.39 is 0 Å². The van der Waals surface area contributed by atoms with Gasteiger partial charge in [0.1, 0.15) is 12.7 Å². The molecule has 4 heteroatoms. The van der Waals surface area contributed by atoms with Gasteiger partial charge in [0, 0.05) is 24.7 Å². The molecular weight excluding hydrogens is 472 g/mol. The number of hydrogen-bond donors (Lipinski definition) is 0. The Kier molecular flexibility index (Phi) is 6.76. The second-order valence-corrected chi connectivity index (χ2v) is 15.7. The molecule has 8 atom stereocenters. The lowest BCUT2D eigenvalue weighted by Gasteiger charge is -2.72. The van der Waals surface area contributed by atoms with Gasteiger partial charge in [0.15, 0.2) is 0 Å². The van der Waals surface area contributed by atoms with Crippen LogP contribution in [0, 0.1) is 50.7 Å². The van der Waals surface area contributed by atoms with Crippen molar-refractivity contribution in [2.24, 2.45) is 50.7 Å². The van der Waals surface area contributed by atoms with Gasteiger partial charge < -0.3 is 9.47 Å². The molecule has 214 valence electrons. The smallest absolute Gasteiger partial charge is 0.302 e. The van der Waals surface area contributed by atoms with Gasteiger partial charge in [-0.3, -0.25) is 9.59 Å². The van der Waals surface area contributed by atoms with Gasteiger partial charge in [0.05, 0.1) is 0 Å². The Bertz CT molecular complexity index is 1020. The number of allylic oxidation sites excluding steroid dienone is 1. The molecule has 0 aromatic rings. The summed E-state index contributed by atoms with van der Waals surface area (Å²) >= 11 is 0.